The summed E-state index contributed by atoms with van der Waals surface area (Å²) in [4.78, 5) is 4.60. The Hall–Kier alpha value is -1.09. The van der Waals surface area contributed by atoms with Crippen molar-refractivity contribution in [2.75, 3.05) is 0 Å². The largest absolute Gasteiger partial charge is 0.324 e. The molecule has 3 rings (SSSR count). The van der Waals surface area contributed by atoms with Crippen molar-refractivity contribution < 1.29 is 4.39 Å². The SMILES string of the molecule is Cc1cc2c(cc1F)nc(C(C)Cl)n2C(C)C1CCCC1. The zero-order valence-corrected chi connectivity index (χ0v) is 13.6. The molecule has 0 N–H and O–H groups in total. The monoisotopic (exact) mass is 308 g/mol. The Bertz CT molecular complexity index is 656. The number of alkyl halides is 1. The molecule has 2 aromatic rings. The van der Waals surface area contributed by atoms with Crippen LogP contribution < -0.4 is 0 Å². The number of aryl methyl sites for hydroxylation is 1. The van der Waals surface area contributed by atoms with E-state index in [0.717, 1.165) is 11.3 Å². The first kappa shape index (κ1) is 14.8. The molecule has 1 fully saturated rings. The maximum Gasteiger partial charge on any atom is 0.128 e. The van der Waals surface area contributed by atoms with E-state index in [1.807, 2.05) is 13.0 Å². The number of hydrogen-bond donors (Lipinski definition) is 0. The summed E-state index contributed by atoms with van der Waals surface area (Å²) in [6.45, 7) is 5.98. The average molecular weight is 309 g/mol. The fourth-order valence-electron chi connectivity index (χ4n) is 3.60. The molecule has 2 atom stereocenters. The topological polar surface area (TPSA) is 17.8 Å². The Morgan fingerprint density at radius 2 is 1.95 bits per heavy atom. The van der Waals surface area contributed by atoms with Gasteiger partial charge in [0, 0.05) is 12.1 Å². The molecule has 1 aliphatic rings. The molecule has 1 aliphatic carbocycles. The third-order valence-corrected chi connectivity index (χ3v) is 5.04. The van der Waals surface area contributed by atoms with Crippen molar-refractivity contribution in [3.8, 4) is 0 Å². The molecule has 0 bridgehead atoms. The summed E-state index contributed by atoms with van der Waals surface area (Å²) in [5.74, 6) is 1.33. The molecule has 0 spiro atoms. The van der Waals surface area contributed by atoms with Crippen LogP contribution in [0.2, 0.25) is 0 Å². The van der Waals surface area contributed by atoms with Crippen LogP contribution in [0.25, 0.3) is 11.0 Å². The first-order chi connectivity index (χ1) is 9.99. The summed E-state index contributed by atoms with van der Waals surface area (Å²) in [6, 6.07) is 3.80. The lowest BCUT2D eigenvalue weighted by Crippen LogP contribution is -2.17. The van der Waals surface area contributed by atoms with Gasteiger partial charge in [-0.1, -0.05) is 12.8 Å². The quantitative estimate of drug-likeness (QED) is 0.681. The summed E-state index contributed by atoms with van der Waals surface area (Å²) in [5, 5.41) is -0.176. The van der Waals surface area contributed by atoms with Gasteiger partial charge < -0.3 is 4.57 Å². The van der Waals surface area contributed by atoms with Crippen molar-refractivity contribution >= 4 is 22.6 Å². The Morgan fingerprint density at radius 3 is 2.57 bits per heavy atom. The highest BCUT2D eigenvalue weighted by molar-refractivity contribution is 6.20. The van der Waals surface area contributed by atoms with Crippen LogP contribution in [-0.2, 0) is 0 Å². The summed E-state index contributed by atoms with van der Waals surface area (Å²) >= 11 is 6.33. The lowest BCUT2D eigenvalue weighted by atomic mass is 9.99. The molecule has 0 saturated heterocycles. The Labute approximate surface area is 130 Å². The molecular formula is C17H22ClFN2. The number of nitrogens with zero attached hydrogens (tertiary/aromatic N) is 2. The Morgan fingerprint density at radius 1 is 1.29 bits per heavy atom. The van der Waals surface area contributed by atoms with E-state index in [9.17, 15) is 4.39 Å². The van der Waals surface area contributed by atoms with Crippen molar-refractivity contribution in [3.63, 3.8) is 0 Å². The standard InChI is InChI=1S/C17H22ClFN2/c1-10-8-16-15(9-14(10)19)20-17(11(2)18)21(16)12(3)13-6-4-5-7-13/h8-9,11-13H,4-7H2,1-3H3. The van der Waals surface area contributed by atoms with Crippen molar-refractivity contribution in [3.05, 3.63) is 29.3 Å². The van der Waals surface area contributed by atoms with Crippen molar-refractivity contribution in [2.45, 2.75) is 57.9 Å². The van der Waals surface area contributed by atoms with Crippen LogP contribution in [0.15, 0.2) is 12.1 Å². The first-order valence-corrected chi connectivity index (χ1v) is 8.24. The van der Waals surface area contributed by atoms with E-state index in [1.165, 1.54) is 31.7 Å². The van der Waals surface area contributed by atoms with Gasteiger partial charge in [-0.25, -0.2) is 9.37 Å². The molecule has 0 radical (unpaired) electrons. The zero-order chi connectivity index (χ0) is 15.1. The van der Waals surface area contributed by atoms with Gasteiger partial charge in [-0.3, -0.25) is 0 Å². The lowest BCUT2D eigenvalue weighted by molar-refractivity contribution is 0.359. The highest BCUT2D eigenvalue weighted by Gasteiger charge is 2.27. The van der Waals surface area contributed by atoms with Gasteiger partial charge in [-0.15, -0.1) is 11.6 Å². The van der Waals surface area contributed by atoms with Gasteiger partial charge in [0.25, 0.3) is 0 Å². The number of hydrogen-bond acceptors (Lipinski definition) is 1. The molecule has 1 saturated carbocycles. The molecule has 1 heterocycles. The van der Waals surface area contributed by atoms with Gasteiger partial charge in [0.05, 0.1) is 16.4 Å². The number of imidazole rings is 1. The van der Waals surface area contributed by atoms with Crippen LogP contribution in [0.4, 0.5) is 4.39 Å². The average Bonchev–Trinajstić information content (AvgIpc) is 3.06. The highest BCUT2D eigenvalue weighted by Crippen LogP contribution is 2.38. The normalized spacial score (nSPS) is 19.3. The van der Waals surface area contributed by atoms with Crippen LogP contribution in [0.1, 0.15) is 62.3 Å². The number of aromatic nitrogens is 2. The Balaban J connectivity index is 2.17. The molecule has 114 valence electrons. The van der Waals surface area contributed by atoms with Crippen molar-refractivity contribution in [2.24, 2.45) is 5.92 Å². The molecule has 1 aromatic carbocycles. The maximum absolute atomic E-state index is 13.8. The third-order valence-electron chi connectivity index (χ3n) is 4.84. The van der Waals surface area contributed by atoms with E-state index in [-0.39, 0.29) is 11.2 Å². The summed E-state index contributed by atoms with van der Waals surface area (Å²) in [7, 11) is 0. The van der Waals surface area contributed by atoms with Crippen molar-refractivity contribution in [1.29, 1.82) is 0 Å². The van der Waals surface area contributed by atoms with E-state index in [4.69, 9.17) is 11.6 Å². The third kappa shape index (κ3) is 2.57. The molecule has 1 aromatic heterocycles. The summed E-state index contributed by atoms with van der Waals surface area (Å²) < 4.78 is 16.1. The molecule has 2 unspecified atom stereocenters. The second-order valence-electron chi connectivity index (χ2n) is 6.33. The smallest absolute Gasteiger partial charge is 0.128 e. The van der Waals surface area contributed by atoms with E-state index in [1.54, 1.807) is 6.92 Å². The first-order valence-electron chi connectivity index (χ1n) is 7.81. The van der Waals surface area contributed by atoms with Gasteiger partial charge in [0.15, 0.2) is 0 Å². The number of benzene rings is 1. The lowest BCUT2D eigenvalue weighted by Gasteiger charge is -2.24. The van der Waals surface area contributed by atoms with Crippen LogP contribution >= 0.6 is 11.6 Å². The minimum Gasteiger partial charge on any atom is -0.324 e. The van der Waals surface area contributed by atoms with E-state index in [2.05, 4.69) is 16.5 Å². The van der Waals surface area contributed by atoms with Gasteiger partial charge in [-0.2, -0.15) is 0 Å². The van der Waals surface area contributed by atoms with Crippen LogP contribution in [-0.4, -0.2) is 9.55 Å². The predicted octanol–water partition coefficient (Wildman–Crippen LogP) is 5.53. The van der Waals surface area contributed by atoms with Gasteiger partial charge in [0.2, 0.25) is 0 Å². The number of halogens is 2. The second kappa shape index (κ2) is 5.60. The van der Waals surface area contributed by atoms with E-state index in [0.29, 0.717) is 23.0 Å². The molecule has 0 aliphatic heterocycles. The number of rotatable bonds is 3. The summed E-state index contributed by atoms with van der Waals surface area (Å²) in [6.07, 6.45) is 5.14. The van der Waals surface area contributed by atoms with Gasteiger partial charge in [0.1, 0.15) is 11.6 Å². The highest BCUT2D eigenvalue weighted by atomic mass is 35.5. The van der Waals surface area contributed by atoms with Crippen LogP contribution in [0.5, 0.6) is 0 Å². The molecule has 4 heteroatoms. The predicted molar refractivity (Wildman–Crippen MR) is 85.4 cm³/mol. The van der Waals surface area contributed by atoms with Crippen molar-refractivity contribution in [1.82, 2.24) is 9.55 Å². The number of fused-ring (bicyclic) bond motifs is 1. The zero-order valence-electron chi connectivity index (χ0n) is 12.9. The van der Waals surface area contributed by atoms with Gasteiger partial charge in [-0.05, 0) is 51.2 Å². The minimum atomic E-state index is -0.200. The summed E-state index contributed by atoms with van der Waals surface area (Å²) in [5.41, 5.74) is 2.39. The van der Waals surface area contributed by atoms with E-state index < -0.39 is 0 Å². The Kier molecular flexibility index (Phi) is 3.96. The van der Waals surface area contributed by atoms with Crippen LogP contribution in [0.3, 0.4) is 0 Å². The molecule has 21 heavy (non-hydrogen) atoms. The van der Waals surface area contributed by atoms with E-state index >= 15 is 0 Å². The molecule has 2 nitrogen and oxygen atoms in total. The van der Waals surface area contributed by atoms with Crippen LogP contribution in [0, 0.1) is 18.7 Å². The molecular weight excluding hydrogens is 287 g/mol. The van der Waals surface area contributed by atoms with Gasteiger partial charge >= 0.3 is 0 Å². The maximum atomic E-state index is 13.8. The minimum absolute atomic E-state index is 0.176. The second-order valence-corrected chi connectivity index (χ2v) is 6.99. The molecule has 0 amide bonds. The fraction of sp³-hybridized carbons (Fsp3) is 0.588. The fourth-order valence-corrected chi connectivity index (χ4v) is 3.75.